The lowest BCUT2D eigenvalue weighted by atomic mass is 9.61. The Morgan fingerprint density at radius 3 is 2.68 bits per heavy atom. The van der Waals surface area contributed by atoms with E-state index in [1.165, 1.54) is 11.0 Å². The average molecular weight is 425 g/mol. The Kier molecular flexibility index (Phi) is 7.13. The fraction of sp³-hybridized carbons (Fsp3) is 0.522. The van der Waals surface area contributed by atoms with Gasteiger partial charge in [0, 0.05) is 36.9 Å². The third-order valence-electron chi connectivity index (χ3n) is 6.61. The van der Waals surface area contributed by atoms with E-state index in [1.54, 1.807) is 6.08 Å². The summed E-state index contributed by atoms with van der Waals surface area (Å²) in [5.41, 5.74) is 9.16. The minimum Gasteiger partial charge on any atom is -0.459 e. The summed E-state index contributed by atoms with van der Waals surface area (Å²) in [6.45, 7) is 4.57. The SMILES string of the molecule is CC1(C)C2CC(=O)N(C(=O)CCN=[N+]=[N-])CC1C[C@@H](OC(=O)/C=C/c1ccccc1)C2. The van der Waals surface area contributed by atoms with E-state index in [1.807, 2.05) is 30.3 Å². The lowest BCUT2D eigenvalue weighted by molar-refractivity contribution is -0.150. The van der Waals surface area contributed by atoms with E-state index in [4.69, 9.17) is 10.3 Å². The number of fused-ring (bicyclic) bond motifs is 2. The number of nitrogens with zero attached hydrogens (tertiary/aromatic N) is 4. The van der Waals surface area contributed by atoms with Crippen LogP contribution in [0.2, 0.25) is 0 Å². The Morgan fingerprint density at radius 2 is 1.97 bits per heavy atom. The maximum absolute atomic E-state index is 12.8. The zero-order valence-electron chi connectivity index (χ0n) is 17.9. The third-order valence-corrected chi connectivity index (χ3v) is 6.61. The Balaban J connectivity index is 1.67. The minimum absolute atomic E-state index is 0.0102. The van der Waals surface area contributed by atoms with Gasteiger partial charge in [0.25, 0.3) is 0 Å². The van der Waals surface area contributed by atoms with E-state index < -0.39 is 5.97 Å². The second-order valence-electron chi connectivity index (χ2n) is 8.80. The van der Waals surface area contributed by atoms with Crippen molar-refractivity contribution in [1.82, 2.24) is 4.90 Å². The highest BCUT2D eigenvalue weighted by Crippen LogP contribution is 2.49. The predicted octanol–water partition coefficient (Wildman–Crippen LogP) is 4.12. The molecule has 0 aromatic heterocycles. The molecule has 1 saturated heterocycles. The maximum atomic E-state index is 12.8. The molecule has 2 bridgehead atoms. The van der Waals surface area contributed by atoms with Crippen LogP contribution in [0.25, 0.3) is 16.5 Å². The second kappa shape index (κ2) is 9.79. The lowest BCUT2D eigenvalue weighted by Gasteiger charge is -2.46. The Bertz CT molecular complexity index is 905. The summed E-state index contributed by atoms with van der Waals surface area (Å²) < 4.78 is 5.71. The molecule has 1 aromatic rings. The first-order valence-corrected chi connectivity index (χ1v) is 10.6. The number of rotatable bonds is 6. The van der Waals surface area contributed by atoms with Crippen LogP contribution in [-0.4, -0.2) is 41.9 Å². The fourth-order valence-electron chi connectivity index (χ4n) is 4.57. The number of carbonyl (C=O) groups excluding carboxylic acids is 3. The highest BCUT2D eigenvalue weighted by Gasteiger charge is 2.49. The molecule has 1 aromatic carbocycles. The molecule has 8 heteroatoms. The topological polar surface area (TPSA) is 112 Å². The molecular formula is C23H28N4O4. The van der Waals surface area contributed by atoms with Gasteiger partial charge >= 0.3 is 5.97 Å². The number of ether oxygens (including phenoxy) is 1. The van der Waals surface area contributed by atoms with E-state index in [0.717, 1.165) is 5.56 Å². The first-order chi connectivity index (χ1) is 14.8. The smallest absolute Gasteiger partial charge is 0.331 e. The molecule has 3 rings (SSSR count). The first-order valence-electron chi connectivity index (χ1n) is 10.6. The second-order valence-corrected chi connectivity index (χ2v) is 8.80. The molecule has 2 aliphatic rings. The van der Waals surface area contributed by atoms with Crippen molar-refractivity contribution in [2.75, 3.05) is 13.1 Å². The highest BCUT2D eigenvalue weighted by molar-refractivity contribution is 5.95. The zero-order valence-corrected chi connectivity index (χ0v) is 17.9. The van der Waals surface area contributed by atoms with Crippen molar-refractivity contribution in [2.24, 2.45) is 22.4 Å². The molecule has 8 nitrogen and oxygen atoms in total. The molecule has 2 fully saturated rings. The number of carbonyl (C=O) groups is 3. The number of amides is 2. The van der Waals surface area contributed by atoms with Crippen LogP contribution in [0.4, 0.5) is 0 Å². The van der Waals surface area contributed by atoms with Gasteiger partial charge in [0.2, 0.25) is 11.8 Å². The number of hydrogen-bond acceptors (Lipinski definition) is 5. The molecule has 31 heavy (non-hydrogen) atoms. The van der Waals surface area contributed by atoms with Crippen molar-refractivity contribution in [3.8, 4) is 0 Å². The van der Waals surface area contributed by atoms with E-state index in [-0.39, 0.29) is 54.6 Å². The average Bonchev–Trinajstić information content (AvgIpc) is 2.78. The number of likely N-dealkylation sites (tertiary alicyclic amines) is 1. The molecule has 1 aliphatic heterocycles. The standard InChI is InChI=1S/C23H28N4O4/c1-23(2)17-12-19(31-22(30)9-8-16-6-4-3-5-7-16)13-18(23)15-27(21(29)14-17)20(28)10-11-25-26-24/h3-9,17-19H,10-15H2,1-2H3/b9-8+/t17?,18?,19-/m0/s1. The van der Waals surface area contributed by atoms with E-state index >= 15 is 0 Å². The van der Waals surface area contributed by atoms with Crippen molar-refractivity contribution in [1.29, 1.82) is 0 Å². The van der Waals surface area contributed by atoms with Crippen LogP contribution in [0.1, 0.15) is 45.1 Å². The first kappa shape index (κ1) is 22.6. The number of imide groups is 1. The summed E-state index contributed by atoms with van der Waals surface area (Å²) in [6.07, 6.45) is 4.30. The molecule has 0 spiro atoms. The molecule has 2 amide bonds. The summed E-state index contributed by atoms with van der Waals surface area (Å²) in [6, 6.07) is 9.51. The van der Waals surface area contributed by atoms with E-state index in [0.29, 0.717) is 19.4 Å². The van der Waals surface area contributed by atoms with Crippen molar-refractivity contribution >= 4 is 23.9 Å². The van der Waals surface area contributed by atoms with Crippen LogP contribution in [0.5, 0.6) is 0 Å². The van der Waals surface area contributed by atoms with Gasteiger partial charge in [-0.3, -0.25) is 14.5 Å². The van der Waals surface area contributed by atoms with Gasteiger partial charge in [-0.25, -0.2) is 4.79 Å². The number of benzene rings is 1. The molecule has 1 heterocycles. The molecule has 0 N–H and O–H groups in total. The van der Waals surface area contributed by atoms with Gasteiger partial charge in [0.05, 0.1) is 0 Å². The van der Waals surface area contributed by atoms with Crippen LogP contribution in [-0.2, 0) is 19.1 Å². The van der Waals surface area contributed by atoms with Gasteiger partial charge in [-0.1, -0.05) is 49.3 Å². The molecular weight excluding hydrogens is 396 g/mol. The maximum Gasteiger partial charge on any atom is 0.331 e. The van der Waals surface area contributed by atoms with Crippen LogP contribution in [0.3, 0.4) is 0 Å². The normalized spacial score (nSPS) is 24.9. The van der Waals surface area contributed by atoms with Crippen molar-refractivity contribution < 1.29 is 19.1 Å². The van der Waals surface area contributed by atoms with Gasteiger partial charge in [-0.15, -0.1) is 0 Å². The summed E-state index contributed by atoms with van der Waals surface area (Å²) in [4.78, 5) is 41.6. The van der Waals surface area contributed by atoms with Crippen LogP contribution < -0.4 is 0 Å². The Labute approximate surface area is 181 Å². The Hall–Kier alpha value is -3.12. The van der Waals surface area contributed by atoms with Gasteiger partial charge in [-0.05, 0) is 47.3 Å². The van der Waals surface area contributed by atoms with Gasteiger partial charge in [0.15, 0.2) is 0 Å². The van der Waals surface area contributed by atoms with Gasteiger partial charge in [0.1, 0.15) is 6.10 Å². The van der Waals surface area contributed by atoms with E-state index in [9.17, 15) is 14.4 Å². The highest BCUT2D eigenvalue weighted by atomic mass is 16.5. The summed E-state index contributed by atoms with van der Waals surface area (Å²) in [5, 5.41) is 3.39. The van der Waals surface area contributed by atoms with Crippen LogP contribution in [0.15, 0.2) is 41.5 Å². The summed E-state index contributed by atoms with van der Waals surface area (Å²) in [5.74, 6) is -0.886. The van der Waals surface area contributed by atoms with Crippen molar-refractivity contribution in [2.45, 2.75) is 45.6 Å². The molecule has 0 radical (unpaired) electrons. The molecule has 164 valence electrons. The number of esters is 1. The minimum atomic E-state index is -0.404. The lowest BCUT2D eigenvalue weighted by Crippen LogP contribution is -2.45. The number of hydrogen-bond donors (Lipinski definition) is 0. The molecule has 2 unspecified atom stereocenters. The Morgan fingerprint density at radius 1 is 1.26 bits per heavy atom. The predicted molar refractivity (Wildman–Crippen MR) is 115 cm³/mol. The van der Waals surface area contributed by atoms with Gasteiger partial charge < -0.3 is 4.74 Å². The summed E-state index contributed by atoms with van der Waals surface area (Å²) >= 11 is 0. The molecule has 1 aliphatic carbocycles. The summed E-state index contributed by atoms with van der Waals surface area (Å²) in [7, 11) is 0. The molecule has 1 saturated carbocycles. The van der Waals surface area contributed by atoms with Crippen molar-refractivity contribution in [3.05, 3.63) is 52.4 Å². The van der Waals surface area contributed by atoms with E-state index in [2.05, 4.69) is 23.9 Å². The molecule has 3 atom stereocenters. The number of azide groups is 1. The van der Waals surface area contributed by atoms with Crippen LogP contribution in [0, 0.1) is 17.3 Å². The van der Waals surface area contributed by atoms with Crippen molar-refractivity contribution in [3.63, 3.8) is 0 Å². The monoisotopic (exact) mass is 424 g/mol. The van der Waals surface area contributed by atoms with Gasteiger partial charge in [-0.2, -0.15) is 0 Å². The van der Waals surface area contributed by atoms with Crippen LogP contribution >= 0.6 is 0 Å². The fourth-order valence-corrected chi connectivity index (χ4v) is 4.57. The quantitative estimate of drug-likeness (QED) is 0.225. The largest absolute Gasteiger partial charge is 0.459 e. The third kappa shape index (κ3) is 5.52. The zero-order chi connectivity index (χ0) is 22.4.